The van der Waals surface area contributed by atoms with Gasteiger partial charge in [-0.2, -0.15) is 0 Å². The van der Waals surface area contributed by atoms with E-state index in [9.17, 15) is 15.0 Å². The van der Waals surface area contributed by atoms with Crippen LogP contribution >= 0.6 is 0 Å². The number of hydrogen-bond acceptors (Lipinski definition) is 4. The largest absolute Gasteiger partial charge is 0.462 e. The van der Waals surface area contributed by atoms with Crippen molar-refractivity contribution in [2.24, 2.45) is 28.6 Å². The van der Waals surface area contributed by atoms with Gasteiger partial charge in [-0.15, -0.1) is 0 Å². The Balaban J connectivity index is 2.05. The Morgan fingerprint density at radius 3 is 2.55 bits per heavy atom. The van der Waals surface area contributed by atoms with E-state index in [0.717, 1.165) is 6.42 Å². The normalized spacial score (nSPS) is 51.9. The molecule has 2 saturated carbocycles. The minimum absolute atomic E-state index is 0.0309. The maximum absolute atomic E-state index is 11.5. The summed E-state index contributed by atoms with van der Waals surface area (Å²) in [5.74, 6) is 0.0435. The van der Waals surface area contributed by atoms with Crippen LogP contribution in [0.4, 0.5) is 0 Å². The molecule has 0 spiro atoms. The molecular formula is C16H24O4. The molecule has 0 aliphatic heterocycles. The first kappa shape index (κ1) is 14.1. The SMILES string of the molecule is CC(=O)O[C@@H]1[C@@H]2[C@H](CC1(C)C)[C@@H]1C=C[C@@]2(C)[C@@H](O)[C@H]1O. The molecule has 2 fully saturated rings. The second kappa shape index (κ2) is 4.08. The van der Waals surface area contributed by atoms with Crippen LogP contribution in [-0.2, 0) is 9.53 Å². The Labute approximate surface area is 119 Å². The Bertz CT molecular complexity index is 469. The Morgan fingerprint density at radius 2 is 1.95 bits per heavy atom. The molecule has 0 heterocycles. The van der Waals surface area contributed by atoms with E-state index in [2.05, 4.69) is 13.8 Å². The summed E-state index contributed by atoms with van der Waals surface area (Å²) in [5.41, 5.74) is -0.650. The van der Waals surface area contributed by atoms with E-state index in [0.29, 0.717) is 0 Å². The first-order valence-electron chi connectivity index (χ1n) is 7.41. The smallest absolute Gasteiger partial charge is 0.302 e. The van der Waals surface area contributed by atoms with E-state index < -0.39 is 17.6 Å². The van der Waals surface area contributed by atoms with Gasteiger partial charge in [0.2, 0.25) is 0 Å². The molecule has 4 aliphatic carbocycles. The van der Waals surface area contributed by atoms with Crippen LogP contribution < -0.4 is 0 Å². The number of ether oxygens (including phenoxy) is 1. The van der Waals surface area contributed by atoms with Crippen LogP contribution in [0, 0.1) is 28.6 Å². The first-order chi connectivity index (χ1) is 9.18. The van der Waals surface area contributed by atoms with Crippen molar-refractivity contribution < 1.29 is 19.7 Å². The highest BCUT2D eigenvalue weighted by Gasteiger charge is 2.66. The molecule has 0 radical (unpaired) electrons. The molecule has 4 nitrogen and oxygen atoms in total. The van der Waals surface area contributed by atoms with Crippen LogP contribution in [0.5, 0.6) is 0 Å². The molecule has 0 aromatic rings. The number of fused-ring (bicyclic) bond motifs is 1. The van der Waals surface area contributed by atoms with Crippen LogP contribution in [0.2, 0.25) is 0 Å². The molecule has 0 amide bonds. The lowest BCUT2D eigenvalue weighted by Gasteiger charge is -2.55. The highest BCUT2D eigenvalue weighted by atomic mass is 16.5. The van der Waals surface area contributed by atoms with Crippen LogP contribution in [-0.4, -0.2) is 34.5 Å². The lowest BCUT2D eigenvalue weighted by molar-refractivity contribution is -0.179. The highest BCUT2D eigenvalue weighted by molar-refractivity contribution is 5.66. The molecule has 20 heavy (non-hydrogen) atoms. The predicted molar refractivity (Wildman–Crippen MR) is 73.7 cm³/mol. The van der Waals surface area contributed by atoms with Crippen molar-refractivity contribution >= 4 is 5.97 Å². The first-order valence-corrected chi connectivity index (χ1v) is 7.41. The molecule has 4 aliphatic rings. The van der Waals surface area contributed by atoms with E-state index in [1.165, 1.54) is 6.92 Å². The zero-order valence-electron chi connectivity index (χ0n) is 12.5. The number of carbonyl (C=O) groups excluding carboxylic acids is 1. The van der Waals surface area contributed by atoms with Gasteiger partial charge in [-0.05, 0) is 12.3 Å². The summed E-state index contributed by atoms with van der Waals surface area (Å²) in [7, 11) is 0. The van der Waals surface area contributed by atoms with Crippen LogP contribution in [0.1, 0.15) is 34.1 Å². The zero-order chi connectivity index (χ0) is 14.9. The average Bonchev–Trinajstić information content (AvgIpc) is 2.59. The standard InChI is InChI=1S/C16H24O4/c1-8(17)20-14-11-10(7-15(14,2)3)9-5-6-16(11,4)13(19)12(9)18/h5-6,9-14,18-19H,7H2,1-4H3/t9-,10+,11-,12-,13-,14+,16+/m0/s1. The fourth-order valence-electron chi connectivity index (χ4n) is 4.95. The second-order valence-corrected chi connectivity index (χ2v) is 7.65. The maximum atomic E-state index is 11.5. The average molecular weight is 280 g/mol. The molecule has 4 rings (SSSR count). The summed E-state index contributed by atoms with van der Waals surface area (Å²) in [5, 5.41) is 20.8. The summed E-state index contributed by atoms with van der Waals surface area (Å²) < 4.78 is 5.63. The third-order valence-corrected chi connectivity index (χ3v) is 5.86. The fraction of sp³-hybridized carbons (Fsp3) is 0.812. The van der Waals surface area contributed by atoms with Crippen molar-refractivity contribution in [3.63, 3.8) is 0 Å². The van der Waals surface area contributed by atoms with E-state index >= 15 is 0 Å². The fourth-order valence-corrected chi connectivity index (χ4v) is 4.95. The molecule has 7 atom stereocenters. The van der Waals surface area contributed by atoms with Gasteiger partial charge in [0.1, 0.15) is 6.10 Å². The molecule has 0 saturated heterocycles. The van der Waals surface area contributed by atoms with Gasteiger partial charge in [0.25, 0.3) is 0 Å². The van der Waals surface area contributed by atoms with E-state index in [1.807, 2.05) is 19.1 Å². The summed E-state index contributed by atoms with van der Waals surface area (Å²) in [6, 6.07) is 0. The van der Waals surface area contributed by atoms with Gasteiger partial charge in [-0.25, -0.2) is 0 Å². The number of rotatable bonds is 1. The van der Waals surface area contributed by atoms with Crippen molar-refractivity contribution in [3.05, 3.63) is 12.2 Å². The molecule has 0 aromatic carbocycles. The van der Waals surface area contributed by atoms with Crippen molar-refractivity contribution in [1.29, 1.82) is 0 Å². The third kappa shape index (κ3) is 1.64. The number of aliphatic hydroxyl groups excluding tert-OH is 2. The van der Waals surface area contributed by atoms with Crippen molar-refractivity contribution in [2.45, 2.75) is 52.4 Å². The molecule has 4 heteroatoms. The number of hydrogen-bond donors (Lipinski definition) is 2. The molecule has 0 unspecified atom stereocenters. The molecule has 2 bridgehead atoms. The Morgan fingerprint density at radius 1 is 1.30 bits per heavy atom. The van der Waals surface area contributed by atoms with Crippen molar-refractivity contribution in [2.75, 3.05) is 0 Å². The third-order valence-electron chi connectivity index (χ3n) is 5.86. The van der Waals surface area contributed by atoms with Crippen LogP contribution in [0.15, 0.2) is 12.2 Å². The Hall–Kier alpha value is -0.870. The lowest BCUT2D eigenvalue weighted by atomic mass is 9.53. The molecule has 2 N–H and O–H groups in total. The van der Waals surface area contributed by atoms with Crippen LogP contribution in [0.3, 0.4) is 0 Å². The van der Waals surface area contributed by atoms with Gasteiger partial charge in [0.05, 0.1) is 12.2 Å². The van der Waals surface area contributed by atoms with Gasteiger partial charge >= 0.3 is 5.97 Å². The summed E-state index contributed by atoms with van der Waals surface area (Å²) in [6.45, 7) is 7.64. The van der Waals surface area contributed by atoms with Crippen LogP contribution in [0.25, 0.3) is 0 Å². The number of carbonyl (C=O) groups is 1. The summed E-state index contributed by atoms with van der Waals surface area (Å²) in [4.78, 5) is 11.5. The summed E-state index contributed by atoms with van der Waals surface area (Å²) in [6.07, 6.45) is 3.27. The molecule has 0 aromatic heterocycles. The van der Waals surface area contributed by atoms with Gasteiger partial charge < -0.3 is 14.9 Å². The van der Waals surface area contributed by atoms with Gasteiger partial charge in [0, 0.05) is 29.6 Å². The molecular weight excluding hydrogens is 256 g/mol. The zero-order valence-corrected chi connectivity index (χ0v) is 12.5. The lowest BCUT2D eigenvalue weighted by Crippen LogP contribution is -2.61. The monoisotopic (exact) mass is 280 g/mol. The van der Waals surface area contributed by atoms with Gasteiger partial charge in [0.15, 0.2) is 0 Å². The quantitative estimate of drug-likeness (QED) is 0.564. The maximum Gasteiger partial charge on any atom is 0.302 e. The predicted octanol–water partition coefficient (Wildman–Crippen LogP) is 1.51. The van der Waals surface area contributed by atoms with E-state index in [-0.39, 0.29) is 35.2 Å². The number of aliphatic hydroxyl groups is 2. The minimum atomic E-state index is -0.786. The topological polar surface area (TPSA) is 66.8 Å². The van der Waals surface area contributed by atoms with Crippen molar-refractivity contribution in [1.82, 2.24) is 0 Å². The Kier molecular flexibility index (Phi) is 2.87. The molecule has 112 valence electrons. The number of esters is 1. The van der Waals surface area contributed by atoms with Crippen molar-refractivity contribution in [3.8, 4) is 0 Å². The summed E-state index contributed by atoms with van der Waals surface area (Å²) >= 11 is 0. The van der Waals surface area contributed by atoms with E-state index in [4.69, 9.17) is 4.74 Å². The highest BCUT2D eigenvalue weighted by Crippen LogP contribution is 2.63. The second-order valence-electron chi connectivity index (χ2n) is 7.65. The van der Waals surface area contributed by atoms with Gasteiger partial charge in [-0.1, -0.05) is 32.9 Å². The minimum Gasteiger partial charge on any atom is -0.462 e. The van der Waals surface area contributed by atoms with E-state index in [1.54, 1.807) is 0 Å². The van der Waals surface area contributed by atoms with Gasteiger partial charge in [-0.3, -0.25) is 4.79 Å².